The molecule has 1 rings (SSSR count). The van der Waals surface area contributed by atoms with E-state index in [1.807, 2.05) is 0 Å². The number of carbonyl (C=O) groups excluding carboxylic acids is 1. The molecule has 100 valence electrons. The molecule has 0 bridgehead atoms. The van der Waals surface area contributed by atoms with Gasteiger partial charge in [0.25, 0.3) is 0 Å². The maximum Gasteiger partial charge on any atom is 0.238 e. The molecule has 0 aliphatic carbocycles. The van der Waals surface area contributed by atoms with E-state index >= 15 is 0 Å². The Hall–Kier alpha value is -1.50. The zero-order valence-corrected chi connectivity index (χ0v) is 9.97. The van der Waals surface area contributed by atoms with Crippen molar-refractivity contribution < 1.29 is 19.4 Å². The molecule has 0 spiro atoms. The van der Waals surface area contributed by atoms with Gasteiger partial charge in [-0.15, -0.1) is 0 Å². The Bertz CT molecular complexity index is 381. The van der Waals surface area contributed by atoms with Gasteiger partial charge in [-0.3, -0.25) is 9.69 Å². The van der Waals surface area contributed by atoms with Crippen molar-refractivity contribution in [3.63, 3.8) is 0 Å². The molecule has 0 radical (unpaired) electrons. The quantitative estimate of drug-likeness (QED) is 0.644. The van der Waals surface area contributed by atoms with Gasteiger partial charge in [-0.25, -0.2) is 4.39 Å². The van der Waals surface area contributed by atoms with Gasteiger partial charge in [-0.2, -0.15) is 0 Å². The number of nitrogens with one attached hydrogen (secondary N) is 1. The molecule has 0 atom stereocenters. The molecule has 0 saturated carbocycles. The van der Waals surface area contributed by atoms with E-state index in [4.69, 9.17) is 10.2 Å². The molecular formula is C12H17FN2O3. The molecule has 0 aliphatic heterocycles. The summed E-state index contributed by atoms with van der Waals surface area (Å²) in [4.78, 5) is 13.2. The van der Waals surface area contributed by atoms with E-state index in [9.17, 15) is 9.18 Å². The summed E-state index contributed by atoms with van der Waals surface area (Å²) in [7, 11) is 0. The number of para-hydroxylation sites is 1. The smallest absolute Gasteiger partial charge is 0.238 e. The third kappa shape index (κ3) is 4.79. The molecule has 1 aromatic rings. The maximum absolute atomic E-state index is 13.3. The number of amides is 1. The Balaban J connectivity index is 2.52. The number of hydrogen-bond donors (Lipinski definition) is 3. The van der Waals surface area contributed by atoms with E-state index in [2.05, 4.69) is 5.32 Å². The minimum atomic E-state index is -0.498. The largest absolute Gasteiger partial charge is 0.395 e. The molecule has 18 heavy (non-hydrogen) atoms. The van der Waals surface area contributed by atoms with Crippen molar-refractivity contribution in [2.75, 3.05) is 38.2 Å². The van der Waals surface area contributed by atoms with Gasteiger partial charge < -0.3 is 15.5 Å². The van der Waals surface area contributed by atoms with Crippen LogP contribution in [0.5, 0.6) is 0 Å². The lowest BCUT2D eigenvalue weighted by Gasteiger charge is -2.19. The topological polar surface area (TPSA) is 72.8 Å². The number of carbonyl (C=O) groups is 1. The number of anilines is 1. The predicted molar refractivity (Wildman–Crippen MR) is 65.6 cm³/mol. The summed E-state index contributed by atoms with van der Waals surface area (Å²) in [5, 5.41) is 20.0. The van der Waals surface area contributed by atoms with E-state index in [-0.39, 0.29) is 44.4 Å². The molecule has 1 amide bonds. The summed E-state index contributed by atoms with van der Waals surface area (Å²) in [6.45, 7) is 0.353. The third-order valence-corrected chi connectivity index (χ3v) is 2.35. The number of benzene rings is 1. The second kappa shape index (κ2) is 7.75. The molecule has 0 saturated heterocycles. The van der Waals surface area contributed by atoms with Gasteiger partial charge >= 0.3 is 0 Å². The first-order chi connectivity index (χ1) is 8.67. The lowest BCUT2D eigenvalue weighted by Crippen LogP contribution is -2.37. The molecular weight excluding hydrogens is 239 g/mol. The van der Waals surface area contributed by atoms with Crippen molar-refractivity contribution in [3.05, 3.63) is 30.1 Å². The highest BCUT2D eigenvalue weighted by molar-refractivity contribution is 5.92. The minimum absolute atomic E-state index is 0.00451. The van der Waals surface area contributed by atoms with Crippen molar-refractivity contribution in [1.82, 2.24) is 4.90 Å². The van der Waals surface area contributed by atoms with Crippen molar-refractivity contribution >= 4 is 11.6 Å². The second-order valence-electron chi connectivity index (χ2n) is 3.75. The lowest BCUT2D eigenvalue weighted by atomic mass is 10.3. The zero-order chi connectivity index (χ0) is 13.4. The van der Waals surface area contributed by atoms with Crippen LogP contribution in [-0.2, 0) is 4.79 Å². The summed E-state index contributed by atoms with van der Waals surface area (Å²) >= 11 is 0. The monoisotopic (exact) mass is 256 g/mol. The maximum atomic E-state index is 13.3. The average molecular weight is 256 g/mol. The number of hydrogen-bond acceptors (Lipinski definition) is 4. The first-order valence-corrected chi connectivity index (χ1v) is 5.66. The van der Waals surface area contributed by atoms with Crippen LogP contribution in [0.25, 0.3) is 0 Å². The van der Waals surface area contributed by atoms with Crippen LogP contribution in [0.2, 0.25) is 0 Å². The Morgan fingerprint density at radius 2 is 1.83 bits per heavy atom. The number of rotatable bonds is 7. The minimum Gasteiger partial charge on any atom is -0.395 e. The fourth-order valence-electron chi connectivity index (χ4n) is 1.51. The van der Waals surface area contributed by atoms with Crippen molar-refractivity contribution in [3.8, 4) is 0 Å². The molecule has 0 unspecified atom stereocenters. The van der Waals surface area contributed by atoms with Crippen LogP contribution in [0.1, 0.15) is 0 Å². The fourth-order valence-corrected chi connectivity index (χ4v) is 1.51. The van der Waals surface area contributed by atoms with Crippen molar-refractivity contribution in [1.29, 1.82) is 0 Å². The molecule has 0 aliphatic rings. The first kappa shape index (κ1) is 14.6. The fraction of sp³-hybridized carbons (Fsp3) is 0.417. The third-order valence-electron chi connectivity index (χ3n) is 2.35. The van der Waals surface area contributed by atoms with Crippen LogP contribution in [0.3, 0.4) is 0 Å². The number of halogens is 1. The Labute approximate surface area is 105 Å². The summed E-state index contributed by atoms with van der Waals surface area (Å²) in [6.07, 6.45) is 0. The second-order valence-corrected chi connectivity index (χ2v) is 3.75. The zero-order valence-electron chi connectivity index (χ0n) is 9.97. The standard InChI is InChI=1S/C12H17FN2O3/c13-10-3-1-2-4-11(10)14-12(18)9-15(5-7-16)6-8-17/h1-4,16-17H,5-9H2,(H,14,18). The van der Waals surface area contributed by atoms with E-state index in [0.29, 0.717) is 0 Å². The highest BCUT2D eigenvalue weighted by Crippen LogP contribution is 2.12. The van der Waals surface area contributed by atoms with Crippen LogP contribution in [0.4, 0.5) is 10.1 Å². The molecule has 0 fully saturated rings. The SMILES string of the molecule is O=C(CN(CCO)CCO)Nc1ccccc1F. The van der Waals surface area contributed by atoms with E-state index in [1.165, 1.54) is 18.2 Å². The van der Waals surface area contributed by atoms with E-state index in [0.717, 1.165) is 0 Å². The summed E-state index contributed by atoms with van der Waals surface area (Å²) in [5.41, 5.74) is 0.121. The highest BCUT2D eigenvalue weighted by atomic mass is 19.1. The number of aliphatic hydroxyl groups is 2. The number of aliphatic hydroxyl groups excluding tert-OH is 2. The van der Waals surface area contributed by atoms with Crippen LogP contribution in [0.15, 0.2) is 24.3 Å². The summed E-state index contributed by atoms with van der Waals surface area (Å²) in [6, 6.07) is 5.89. The molecule has 0 aromatic heterocycles. The van der Waals surface area contributed by atoms with Crippen LogP contribution in [-0.4, -0.2) is 53.9 Å². The molecule has 5 nitrogen and oxygen atoms in total. The van der Waals surface area contributed by atoms with Crippen LogP contribution < -0.4 is 5.32 Å². The van der Waals surface area contributed by atoms with Gasteiger partial charge in [-0.05, 0) is 12.1 Å². The normalized spacial score (nSPS) is 10.7. The lowest BCUT2D eigenvalue weighted by molar-refractivity contribution is -0.117. The summed E-state index contributed by atoms with van der Waals surface area (Å²) < 4.78 is 13.3. The molecule has 3 N–H and O–H groups in total. The average Bonchev–Trinajstić information content (AvgIpc) is 2.33. The first-order valence-electron chi connectivity index (χ1n) is 5.66. The summed E-state index contributed by atoms with van der Waals surface area (Å²) in [5.74, 6) is -0.885. The van der Waals surface area contributed by atoms with E-state index < -0.39 is 5.82 Å². The predicted octanol–water partition coefficient (Wildman–Crippen LogP) is 0.0508. The molecule has 1 aromatic carbocycles. The van der Waals surface area contributed by atoms with Crippen molar-refractivity contribution in [2.24, 2.45) is 0 Å². The Morgan fingerprint density at radius 1 is 1.22 bits per heavy atom. The van der Waals surface area contributed by atoms with Gasteiger partial charge in [0, 0.05) is 13.1 Å². The molecule has 0 heterocycles. The Morgan fingerprint density at radius 3 is 2.39 bits per heavy atom. The van der Waals surface area contributed by atoms with Gasteiger partial charge in [-0.1, -0.05) is 12.1 Å². The molecule has 6 heteroatoms. The van der Waals surface area contributed by atoms with Gasteiger partial charge in [0.15, 0.2) is 0 Å². The Kier molecular flexibility index (Phi) is 6.27. The van der Waals surface area contributed by atoms with Gasteiger partial charge in [0.05, 0.1) is 25.4 Å². The van der Waals surface area contributed by atoms with Crippen LogP contribution >= 0.6 is 0 Å². The highest BCUT2D eigenvalue weighted by Gasteiger charge is 2.11. The number of nitrogens with zero attached hydrogens (tertiary/aromatic N) is 1. The van der Waals surface area contributed by atoms with Gasteiger partial charge in [0.1, 0.15) is 5.82 Å². The van der Waals surface area contributed by atoms with Gasteiger partial charge in [0.2, 0.25) is 5.91 Å². The van der Waals surface area contributed by atoms with Crippen LogP contribution in [0, 0.1) is 5.82 Å². The van der Waals surface area contributed by atoms with Crippen molar-refractivity contribution in [2.45, 2.75) is 0 Å². The van der Waals surface area contributed by atoms with E-state index in [1.54, 1.807) is 11.0 Å².